The van der Waals surface area contributed by atoms with Crippen LogP contribution in [0.3, 0.4) is 0 Å². The normalized spacial score (nSPS) is 30.4. The van der Waals surface area contributed by atoms with E-state index in [-0.39, 0.29) is 17.6 Å². The highest BCUT2D eigenvalue weighted by Crippen LogP contribution is 2.53. The van der Waals surface area contributed by atoms with E-state index in [4.69, 9.17) is 33.2 Å². The topological polar surface area (TPSA) is 201 Å². The van der Waals surface area contributed by atoms with Gasteiger partial charge in [0.25, 0.3) is 0 Å². The molecule has 1 saturated carbocycles. The second kappa shape index (κ2) is 18.1. The van der Waals surface area contributed by atoms with Gasteiger partial charge in [0.15, 0.2) is 41.4 Å². The number of carbonyl (C=O) groups excluding carboxylic acids is 8. The fourth-order valence-electron chi connectivity index (χ4n) is 7.78. The molecule has 0 saturated heterocycles. The highest BCUT2D eigenvalue weighted by molar-refractivity contribution is 5.93. The van der Waals surface area contributed by atoms with Gasteiger partial charge in [-0.05, 0) is 31.1 Å². The molecule has 2 aliphatic rings. The zero-order chi connectivity index (χ0) is 42.3. The molecule has 0 spiro atoms. The van der Waals surface area contributed by atoms with Crippen LogP contribution in [0.1, 0.15) is 98.9 Å². The summed E-state index contributed by atoms with van der Waals surface area (Å²) in [4.78, 5) is 106. The van der Waals surface area contributed by atoms with Gasteiger partial charge in [0.1, 0.15) is 6.10 Å². The summed E-state index contributed by atoms with van der Waals surface area (Å²) in [7, 11) is 0. The Bertz CT molecular complexity index is 1750. The van der Waals surface area contributed by atoms with Gasteiger partial charge in [-0.2, -0.15) is 0 Å². The minimum atomic E-state index is -2.25. The Kier molecular flexibility index (Phi) is 14.5. The van der Waals surface area contributed by atoms with Crippen LogP contribution in [0, 0.1) is 17.3 Å². The molecule has 306 valence electrons. The smallest absolute Gasteiger partial charge is 0.338 e. The maximum Gasteiger partial charge on any atom is 0.338 e. The summed E-state index contributed by atoms with van der Waals surface area (Å²) in [5.41, 5.74) is -5.27. The molecule has 1 aromatic carbocycles. The van der Waals surface area contributed by atoms with Crippen LogP contribution in [0.4, 0.5) is 0 Å². The molecule has 15 nitrogen and oxygen atoms in total. The first-order valence-corrected chi connectivity index (χ1v) is 18.2. The average Bonchev–Trinajstić information content (AvgIpc) is 3.29. The van der Waals surface area contributed by atoms with E-state index >= 15 is 0 Å². The zero-order valence-electron chi connectivity index (χ0n) is 33.5. The van der Waals surface area contributed by atoms with Gasteiger partial charge in [-0.1, -0.05) is 57.7 Å². The van der Waals surface area contributed by atoms with Gasteiger partial charge in [0, 0.05) is 65.7 Å². The van der Waals surface area contributed by atoms with Crippen molar-refractivity contribution in [1.82, 2.24) is 0 Å². The van der Waals surface area contributed by atoms with Crippen molar-refractivity contribution in [2.75, 3.05) is 0 Å². The van der Waals surface area contributed by atoms with Crippen LogP contribution in [0.5, 0.6) is 0 Å². The number of ketones is 1. The average molecular weight is 785 g/mol. The molecule has 3 rings (SSSR count). The van der Waals surface area contributed by atoms with Crippen molar-refractivity contribution < 1.29 is 71.5 Å². The third-order valence-corrected chi connectivity index (χ3v) is 9.73. The van der Waals surface area contributed by atoms with E-state index in [1.54, 1.807) is 51.1 Å². The van der Waals surface area contributed by atoms with Crippen LogP contribution >= 0.6 is 0 Å². The number of esters is 7. The van der Waals surface area contributed by atoms with Gasteiger partial charge < -0.3 is 33.2 Å². The first-order valence-electron chi connectivity index (χ1n) is 18.2. The molecule has 0 heterocycles. The van der Waals surface area contributed by atoms with Crippen molar-refractivity contribution in [3.05, 3.63) is 60.2 Å². The Morgan fingerprint density at radius 2 is 1.23 bits per heavy atom. The fourth-order valence-corrected chi connectivity index (χ4v) is 7.78. The van der Waals surface area contributed by atoms with Gasteiger partial charge in [-0.15, -0.1) is 0 Å². The van der Waals surface area contributed by atoms with E-state index in [0.717, 1.165) is 41.5 Å². The van der Waals surface area contributed by atoms with Crippen LogP contribution < -0.4 is 0 Å². The van der Waals surface area contributed by atoms with Crippen LogP contribution in [0.25, 0.3) is 0 Å². The van der Waals surface area contributed by atoms with E-state index in [1.807, 2.05) is 0 Å². The SMILES string of the molecule is C=C1CC(OC(C)=O)C2C(OC(C)=O)C(C)(OC(C)=O)CC2(OC(C)=O)C(=O)C(C)CC=CC(C)(C)C(OC(C)=O)C(OC(C)=O)C1OC(=O)c1ccccc1. The lowest BCUT2D eigenvalue weighted by atomic mass is 9.73. The molecule has 1 fully saturated rings. The first-order chi connectivity index (χ1) is 25.9. The first kappa shape index (κ1) is 45.1. The van der Waals surface area contributed by atoms with Gasteiger partial charge in [0.05, 0.1) is 11.5 Å². The maximum absolute atomic E-state index is 14.9. The Morgan fingerprint density at radius 3 is 1.75 bits per heavy atom. The van der Waals surface area contributed by atoms with Crippen LogP contribution in [0.2, 0.25) is 0 Å². The Morgan fingerprint density at radius 1 is 0.696 bits per heavy atom. The molecule has 0 bridgehead atoms. The maximum atomic E-state index is 14.9. The van der Waals surface area contributed by atoms with Crippen molar-refractivity contribution in [3.63, 3.8) is 0 Å². The standard InChI is InChI=1S/C41H52O15/c1-22-16-15-19-39(9,10)37(53-27(6)45)34(51-25(4)43)33(54-38(49)30-17-13-12-14-18-30)23(2)20-31(50-24(3)42)32-36(52-26(5)44)40(11,55-28(7)46)21-41(32,35(22)48)56-29(8)47/h12-15,17-19,22,31-34,36-37H,2,16,20-21H2,1,3-11H3. The van der Waals surface area contributed by atoms with Crippen LogP contribution in [0.15, 0.2) is 54.6 Å². The molecule has 15 heteroatoms. The van der Waals surface area contributed by atoms with Crippen molar-refractivity contribution in [3.8, 4) is 0 Å². The molecule has 56 heavy (non-hydrogen) atoms. The Labute approximate surface area is 326 Å². The lowest BCUT2D eigenvalue weighted by Gasteiger charge is -2.42. The van der Waals surface area contributed by atoms with Crippen molar-refractivity contribution in [2.45, 2.75) is 130 Å². The molecule has 0 radical (unpaired) electrons. The van der Waals surface area contributed by atoms with Gasteiger partial charge >= 0.3 is 41.8 Å². The van der Waals surface area contributed by atoms with Crippen molar-refractivity contribution in [2.24, 2.45) is 17.3 Å². The molecule has 0 aromatic heterocycles. The molecule has 2 aliphatic carbocycles. The summed E-state index contributed by atoms with van der Waals surface area (Å²) in [6.45, 7) is 17.1. The predicted octanol–water partition coefficient (Wildman–Crippen LogP) is 4.72. The lowest BCUT2D eigenvalue weighted by Crippen LogP contribution is -2.57. The number of fused-ring (bicyclic) bond motifs is 1. The monoisotopic (exact) mass is 784 g/mol. The number of hydrogen-bond donors (Lipinski definition) is 0. The van der Waals surface area contributed by atoms with Gasteiger partial charge in [-0.25, -0.2) is 4.79 Å². The predicted molar refractivity (Wildman–Crippen MR) is 196 cm³/mol. The third kappa shape index (κ3) is 10.7. The quantitative estimate of drug-likeness (QED) is 0.199. The number of rotatable bonds is 8. The second-order valence-electron chi connectivity index (χ2n) is 15.2. The molecule has 0 aliphatic heterocycles. The molecule has 9 atom stereocenters. The summed E-state index contributed by atoms with van der Waals surface area (Å²) in [5.74, 6) is -9.18. The van der Waals surface area contributed by atoms with Crippen LogP contribution in [-0.4, -0.2) is 89.3 Å². The minimum absolute atomic E-state index is 0.00287. The number of benzene rings is 1. The molecule has 9 unspecified atom stereocenters. The molecule has 1 aromatic rings. The van der Waals surface area contributed by atoms with E-state index in [1.165, 1.54) is 19.1 Å². The summed E-state index contributed by atoms with van der Waals surface area (Å²) < 4.78 is 41.2. The largest absolute Gasteiger partial charge is 0.462 e. The summed E-state index contributed by atoms with van der Waals surface area (Å²) >= 11 is 0. The number of allylic oxidation sites excluding steroid dienone is 1. The summed E-state index contributed by atoms with van der Waals surface area (Å²) in [6, 6.07) is 7.82. The van der Waals surface area contributed by atoms with Crippen LogP contribution in [-0.2, 0) is 66.7 Å². The van der Waals surface area contributed by atoms with E-state index in [2.05, 4.69) is 6.58 Å². The Balaban J connectivity index is 2.49. The number of ether oxygens (including phenoxy) is 7. The highest BCUT2D eigenvalue weighted by Gasteiger charge is 2.71. The number of Topliss-reactive ketones (excluding diaryl/α,β-unsaturated/α-hetero) is 1. The summed E-state index contributed by atoms with van der Waals surface area (Å²) in [6.07, 6.45) is -5.50. The van der Waals surface area contributed by atoms with Gasteiger partial charge in [-0.3, -0.25) is 33.6 Å². The molecular weight excluding hydrogens is 732 g/mol. The van der Waals surface area contributed by atoms with Crippen molar-refractivity contribution >= 4 is 47.6 Å². The van der Waals surface area contributed by atoms with Crippen molar-refractivity contribution in [1.29, 1.82) is 0 Å². The Hall–Kier alpha value is -5.34. The molecule has 0 N–H and O–H groups in total. The lowest BCUT2D eigenvalue weighted by molar-refractivity contribution is -0.192. The van der Waals surface area contributed by atoms with Gasteiger partial charge in [0.2, 0.25) is 0 Å². The second-order valence-corrected chi connectivity index (χ2v) is 15.2. The number of carbonyl (C=O) groups is 8. The molecule has 0 amide bonds. The fraction of sp³-hybridized carbons (Fsp3) is 0.561. The van der Waals surface area contributed by atoms with E-state index in [9.17, 15) is 38.4 Å². The highest BCUT2D eigenvalue weighted by atomic mass is 16.6. The molecular formula is C41H52O15. The minimum Gasteiger partial charge on any atom is -0.462 e. The van der Waals surface area contributed by atoms with E-state index in [0.29, 0.717) is 0 Å². The summed E-state index contributed by atoms with van der Waals surface area (Å²) in [5, 5.41) is 0. The number of hydrogen-bond acceptors (Lipinski definition) is 15. The van der Waals surface area contributed by atoms with E-state index < -0.39 is 119 Å². The zero-order valence-corrected chi connectivity index (χ0v) is 33.5. The third-order valence-electron chi connectivity index (χ3n) is 9.73.